The van der Waals surface area contributed by atoms with Crippen molar-refractivity contribution in [2.24, 2.45) is 0 Å². The minimum absolute atomic E-state index is 1.88. The van der Waals surface area contributed by atoms with Gasteiger partial charge in [-0.15, -0.1) is 0 Å². The van der Waals surface area contributed by atoms with E-state index in [0.29, 0.717) is 0 Å². The highest BCUT2D eigenvalue weighted by Crippen LogP contribution is 2.65. The summed E-state index contributed by atoms with van der Waals surface area (Å²) in [5, 5.41) is 0. The molecule has 0 N–H and O–H groups in total. The van der Waals surface area contributed by atoms with Crippen LogP contribution in [0.15, 0.2) is 0 Å². The van der Waals surface area contributed by atoms with Crippen LogP contribution in [0, 0.1) is 0 Å². The molecule has 1 unspecified atom stereocenters. The second-order valence-electron chi connectivity index (χ2n) is 2.87. The van der Waals surface area contributed by atoms with Gasteiger partial charge in [-0.1, -0.05) is 0 Å². The molecule has 1 atom stereocenters. The third-order valence-electron chi connectivity index (χ3n) is 1.85. The van der Waals surface area contributed by atoms with Crippen molar-refractivity contribution >= 4 is 0 Å². The van der Waals surface area contributed by atoms with Crippen LogP contribution in [0.25, 0.3) is 0 Å². The number of alkyl halides is 10. The Bertz CT molecular complexity index is 305. The quantitative estimate of drug-likeness (QED) is 0.612. The van der Waals surface area contributed by atoms with Gasteiger partial charge in [0.2, 0.25) is 0 Å². The smallest absolute Gasteiger partial charge is 0.247 e. The van der Waals surface area contributed by atoms with Crippen molar-refractivity contribution in [3.05, 3.63) is 0 Å². The highest BCUT2D eigenvalue weighted by Gasteiger charge is 2.97. The van der Waals surface area contributed by atoms with Crippen LogP contribution in [0.1, 0.15) is 0 Å². The molecule has 1 heterocycles. The predicted octanol–water partition coefficient (Wildman–Crippen LogP) is 3.11. The van der Waals surface area contributed by atoms with Gasteiger partial charge >= 0.3 is 30.0 Å². The molecule has 0 radical (unpaired) electrons. The highest BCUT2D eigenvalue weighted by atomic mass is 19.4. The molecule has 16 heavy (non-hydrogen) atoms. The van der Waals surface area contributed by atoms with Crippen molar-refractivity contribution in [1.82, 2.24) is 0 Å². The number of ether oxygens (including phenoxy) is 1. The molecule has 1 nitrogen and oxygen atoms in total. The molecule has 0 aromatic heterocycles. The Balaban J connectivity index is 3.48. The molecule has 1 aliphatic heterocycles. The molecule has 1 saturated heterocycles. The van der Waals surface area contributed by atoms with Crippen LogP contribution >= 0.6 is 0 Å². The number of hydrogen-bond donors (Lipinski definition) is 0. The van der Waals surface area contributed by atoms with Crippen LogP contribution in [0.5, 0.6) is 0 Å². The lowest BCUT2D eigenvalue weighted by atomic mass is 9.97. The Hall–Kier alpha value is -0.740. The molecule has 0 spiro atoms. The molecular formula is C5F10O. The monoisotopic (exact) mass is 266 g/mol. The standard InChI is InChI=1S/C5F10O/c6-1(3(9,10)11)2(7,8)5(14,15)16-4(1,12)13. The summed E-state index contributed by atoms with van der Waals surface area (Å²) in [5.74, 6) is -6.73. The summed E-state index contributed by atoms with van der Waals surface area (Å²) < 4.78 is 123. The molecule has 11 heteroatoms. The van der Waals surface area contributed by atoms with Gasteiger partial charge in [0.25, 0.3) is 0 Å². The fourth-order valence-electron chi connectivity index (χ4n) is 1.02. The van der Waals surface area contributed by atoms with Crippen LogP contribution in [-0.2, 0) is 4.74 Å². The molecule has 96 valence electrons. The molecular weight excluding hydrogens is 266 g/mol. The molecule has 0 saturated carbocycles. The maximum atomic E-state index is 12.6. The molecule has 0 aromatic carbocycles. The van der Waals surface area contributed by atoms with Gasteiger partial charge in [-0.3, -0.25) is 0 Å². The van der Waals surface area contributed by atoms with E-state index in [1.54, 1.807) is 0 Å². The normalized spacial score (nSPS) is 36.4. The molecule has 0 bridgehead atoms. The lowest BCUT2D eigenvalue weighted by molar-refractivity contribution is -0.378. The minimum Gasteiger partial charge on any atom is -0.247 e. The number of halogens is 10. The van der Waals surface area contributed by atoms with Crippen molar-refractivity contribution in [1.29, 1.82) is 0 Å². The summed E-state index contributed by atoms with van der Waals surface area (Å²) in [4.78, 5) is 0. The molecule has 0 amide bonds. The van der Waals surface area contributed by atoms with E-state index in [0.717, 1.165) is 0 Å². The average Bonchev–Trinajstić information content (AvgIpc) is 2.05. The average molecular weight is 266 g/mol. The van der Waals surface area contributed by atoms with Crippen molar-refractivity contribution in [2.45, 2.75) is 30.0 Å². The first-order valence-corrected chi connectivity index (χ1v) is 3.30. The van der Waals surface area contributed by atoms with E-state index in [-0.39, 0.29) is 0 Å². The minimum atomic E-state index is -6.93. The Labute approximate surface area is 80.0 Å². The van der Waals surface area contributed by atoms with E-state index in [4.69, 9.17) is 0 Å². The van der Waals surface area contributed by atoms with E-state index in [1.165, 1.54) is 0 Å². The summed E-state index contributed by atoms with van der Waals surface area (Å²) in [6.07, 6.45) is -19.6. The van der Waals surface area contributed by atoms with Gasteiger partial charge in [-0.05, 0) is 0 Å². The van der Waals surface area contributed by atoms with Crippen molar-refractivity contribution < 1.29 is 48.6 Å². The van der Waals surface area contributed by atoms with E-state index in [9.17, 15) is 43.9 Å². The van der Waals surface area contributed by atoms with Crippen LogP contribution in [0.2, 0.25) is 0 Å². The Kier molecular flexibility index (Phi) is 2.28. The van der Waals surface area contributed by atoms with Gasteiger partial charge in [0, 0.05) is 0 Å². The zero-order valence-corrected chi connectivity index (χ0v) is 6.69. The van der Waals surface area contributed by atoms with E-state index < -0.39 is 30.0 Å². The molecule has 0 aromatic rings. The van der Waals surface area contributed by atoms with Crippen molar-refractivity contribution in [3.63, 3.8) is 0 Å². The largest absolute Gasteiger partial charge is 0.437 e. The van der Waals surface area contributed by atoms with Gasteiger partial charge in [0.1, 0.15) is 0 Å². The summed E-state index contributed by atoms with van der Waals surface area (Å²) in [6, 6.07) is 0. The first-order chi connectivity index (χ1) is 6.71. The van der Waals surface area contributed by atoms with Crippen LogP contribution in [0.4, 0.5) is 43.9 Å². The topological polar surface area (TPSA) is 9.23 Å². The van der Waals surface area contributed by atoms with Crippen LogP contribution < -0.4 is 0 Å². The van der Waals surface area contributed by atoms with E-state index in [1.807, 2.05) is 4.74 Å². The molecule has 1 fully saturated rings. The molecule has 1 aliphatic rings. The Morgan fingerprint density at radius 2 is 1.06 bits per heavy atom. The van der Waals surface area contributed by atoms with Gasteiger partial charge in [0.05, 0.1) is 0 Å². The van der Waals surface area contributed by atoms with E-state index in [2.05, 4.69) is 0 Å². The van der Waals surface area contributed by atoms with Crippen LogP contribution in [0.3, 0.4) is 0 Å². The van der Waals surface area contributed by atoms with Gasteiger partial charge < -0.3 is 0 Å². The molecule has 1 rings (SSSR count). The third kappa shape index (κ3) is 1.17. The zero-order chi connectivity index (χ0) is 13.2. The van der Waals surface area contributed by atoms with Gasteiger partial charge in [0.15, 0.2) is 0 Å². The second-order valence-corrected chi connectivity index (χ2v) is 2.87. The summed E-state index contributed by atoms with van der Waals surface area (Å²) >= 11 is 0. The third-order valence-corrected chi connectivity index (χ3v) is 1.85. The molecule has 0 aliphatic carbocycles. The van der Waals surface area contributed by atoms with Crippen LogP contribution in [-0.4, -0.2) is 30.0 Å². The summed E-state index contributed by atoms with van der Waals surface area (Å²) in [5.41, 5.74) is -6.78. The summed E-state index contributed by atoms with van der Waals surface area (Å²) in [6.45, 7) is 0. The Morgan fingerprint density at radius 1 is 0.688 bits per heavy atom. The maximum Gasteiger partial charge on any atom is 0.437 e. The fourth-order valence-corrected chi connectivity index (χ4v) is 1.02. The van der Waals surface area contributed by atoms with Crippen molar-refractivity contribution in [3.8, 4) is 0 Å². The lowest BCUT2D eigenvalue weighted by Crippen LogP contribution is -2.63. The number of hydrogen-bond acceptors (Lipinski definition) is 1. The summed E-state index contributed by atoms with van der Waals surface area (Å²) in [7, 11) is 0. The maximum absolute atomic E-state index is 12.6. The predicted molar refractivity (Wildman–Crippen MR) is 25.8 cm³/mol. The Morgan fingerprint density at radius 3 is 1.19 bits per heavy atom. The fraction of sp³-hybridized carbons (Fsp3) is 1.00. The lowest BCUT2D eigenvalue weighted by Gasteiger charge is -2.30. The first-order valence-electron chi connectivity index (χ1n) is 3.30. The first kappa shape index (κ1) is 13.3. The zero-order valence-electron chi connectivity index (χ0n) is 6.69. The van der Waals surface area contributed by atoms with E-state index >= 15 is 0 Å². The van der Waals surface area contributed by atoms with Crippen molar-refractivity contribution in [2.75, 3.05) is 0 Å². The van der Waals surface area contributed by atoms with Gasteiger partial charge in [-0.2, -0.15) is 39.5 Å². The number of rotatable bonds is 0. The second kappa shape index (κ2) is 2.74. The highest BCUT2D eigenvalue weighted by molar-refractivity contribution is 5.14. The SMILES string of the molecule is FC(F)(F)C1(F)C(F)(F)OC(F)(F)C1(F)F. The van der Waals surface area contributed by atoms with Gasteiger partial charge in [-0.25, -0.2) is 9.13 Å².